The summed E-state index contributed by atoms with van der Waals surface area (Å²) >= 11 is 0. The van der Waals surface area contributed by atoms with Crippen LogP contribution in [-0.4, -0.2) is 18.9 Å². The van der Waals surface area contributed by atoms with Gasteiger partial charge in [-0.05, 0) is 37.5 Å². The molecule has 16 heavy (non-hydrogen) atoms. The highest BCUT2D eigenvalue weighted by molar-refractivity contribution is 5.85. The molecule has 0 atom stereocenters. The molecule has 1 aliphatic rings. The van der Waals surface area contributed by atoms with Crippen molar-refractivity contribution in [2.75, 3.05) is 13.1 Å². The van der Waals surface area contributed by atoms with Crippen LogP contribution in [0.5, 0.6) is 0 Å². The minimum atomic E-state index is 0.250. The lowest BCUT2D eigenvalue weighted by Crippen LogP contribution is -2.47. The molecule has 2 heteroatoms. The van der Waals surface area contributed by atoms with Crippen LogP contribution in [0.1, 0.15) is 22.3 Å². The summed E-state index contributed by atoms with van der Waals surface area (Å²) in [5.74, 6) is 0.633. The van der Waals surface area contributed by atoms with Gasteiger partial charge in [0, 0.05) is 25.4 Å². The number of hydrogen-bond donors (Lipinski definition) is 1. The van der Waals surface area contributed by atoms with E-state index in [-0.39, 0.29) is 5.92 Å². The number of rotatable bonds is 3. The predicted octanol–water partition coefficient (Wildman–Crippen LogP) is 1.94. The van der Waals surface area contributed by atoms with Crippen LogP contribution < -0.4 is 5.32 Å². The lowest BCUT2D eigenvalue weighted by Gasteiger charge is -2.26. The second kappa shape index (κ2) is 4.38. The molecule has 0 amide bonds. The third kappa shape index (κ3) is 2.17. The van der Waals surface area contributed by atoms with Crippen molar-refractivity contribution in [1.29, 1.82) is 0 Å². The van der Waals surface area contributed by atoms with Crippen LogP contribution in [0.2, 0.25) is 0 Å². The van der Waals surface area contributed by atoms with Gasteiger partial charge in [-0.15, -0.1) is 0 Å². The van der Waals surface area contributed by atoms with Crippen molar-refractivity contribution in [3.05, 3.63) is 34.4 Å². The van der Waals surface area contributed by atoms with Crippen molar-refractivity contribution < 1.29 is 4.79 Å². The molecule has 2 rings (SSSR count). The molecule has 1 heterocycles. The molecule has 1 aromatic carbocycles. The molecule has 0 aromatic heterocycles. The molecule has 2 nitrogen and oxygen atoms in total. The van der Waals surface area contributed by atoms with Crippen molar-refractivity contribution in [3.8, 4) is 0 Å². The van der Waals surface area contributed by atoms with E-state index < -0.39 is 0 Å². The summed E-state index contributed by atoms with van der Waals surface area (Å²) in [4.78, 5) is 11.9. The van der Waals surface area contributed by atoms with E-state index in [9.17, 15) is 4.79 Å². The van der Waals surface area contributed by atoms with Gasteiger partial charge in [0.05, 0.1) is 0 Å². The van der Waals surface area contributed by atoms with Gasteiger partial charge >= 0.3 is 0 Å². The molecule has 1 fully saturated rings. The van der Waals surface area contributed by atoms with Crippen LogP contribution in [0.3, 0.4) is 0 Å². The fourth-order valence-electron chi connectivity index (χ4n) is 2.32. The molecule has 0 aliphatic carbocycles. The zero-order chi connectivity index (χ0) is 11.7. The maximum Gasteiger partial charge on any atom is 0.142 e. The lowest BCUT2D eigenvalue weighted by atomic mass is 9.89. The third-order valence-electron chi connectivity index (χ3n) is 3.43. The van der Waals surface area contributed by atoms with Crippen LogP contribution >= 0.6 is 0 Å². The highest BCUT2D eigenvalue weighted by atomic mass is 16.1. The molecule has 0 unspecified atom stereocenters. The quantitative estimate of drug-likeness (QED) is 0.838. The molecule has 1 saturated heterocycles. The van der Waals surface area contributed by atoms with Gasteiger partial charge in [-0.25, -0.2) is 0 Å². The van der Waals surface area contributed by atoms with E-state index in [0.717, 1.165) is 13.1 Å². The van der Waals surface area contributed by atoms with Crippen LogP contribution in [0.25, 0.3) is 0 Å². The van der Waals surface area contributed by atoms with E-state index in [2.05, 4.69) is 38.2 Å². The summed E-state index contributed by atoms with van der Waals surface area (Å²) in [5, 5.41) is 3.15. The normalized spacial score (nSPS) is 15.9. The zero-order valence-corrected chi connectivity index (χ0v) is 10.3. The number of nitrogens with one attached hydrogen (secondary N) is 1. The van der Waals surface area contributed by atoms with Crippen LogP contribution in [-0.2, 0) is 11.2 Å². The van der Waals surface area contributed by atoms with Gasteiger partial charge in [-0.2, -0.15) is 0 Å². The first-order valence-corrected chi connectivity index (χ1v) is 5.88. The Morgan fingerprint density at radius 3 is 2.25 bits per heavy atom. The van der Waals surface area contributed by atoms with Crippen molar-refractivity contribution in [2.24, 2.45) is 5.92 Å². The number of aryl methyl sites for hydroxylation is 3. The second-order valence-electron chi connectivity index (χ2n) is 4.88. The van der Waals surface area contributed by atoms with Gasteiger partial charge in [-0.1, -0.05) is 17.7 Å². The average Bonchev–Trinajstić information content (AvgIpc) is 2.08. The van der Waals surface area contributed by atoms with Crippen molar-refractivity contribution in [1.82, 2.24) is 5.32 Å². The number of ketones is 1. The summed E-state index contributed by atoms with van der Waals surface area (Å²) in [6.07, 6.45) is 0.601. The van der Waals surface area contributed by atoms with Gasteiger partial charge in [-0.3, -0.25) is 4.79 Å². The average molecular weight is 217 g/mol. The Morgan fingerprint density at radius 1 is 1.25 bits per heavy atom. The van der Waals surface area contributed by atoms with Crippen molar-refractivity contribution >= 4 is 5.78 Å². The molecule has 1 aromatic rings. The maximum atomic E-state index is 11.9. The Balaban J connectivity index is 2.17. The van der Waals surface area contributed by atoms with Gasteiger partial charge in [0.25, 0.3) is 0 Å². The fraction of sp³-hybridized carbons (Fsp3) is 0.500. The second-order valence-corrected chi connectivity index (χ2v) is 4.88. The van der Waals surface area contributed by atoms with E-state index >= 15 is 0 Å². The molecule has 0 saturated carbocycles. The number of Topliss-reactive ketones (excluding diaryl/α,β-unsaturated/α-hetero) is 1. The Labute approximate surface area is 97.1 Å². The standard InChI is InChI=1S/C14H19NO/c1-9-4-10(2)13(11(3)5-9)6-14(16)12-7-15-8-12/h4-5,12,15H,6-8H2,1-3H3. The van der Waals surface area contributed by atoms with Crippen molar-refractivity contribution in [2.45, 2.75) is 27.2 Å². The zero-order valence-electron chi connectivity index (χ0n) is 10.3. The largest absolute Gasteiger partial charge is 0.315 e. The highest BCUT2D eigenvalue weighted by Gasteiger charge is 2.25. The van der Waals surface area contributed by atoms with Gasteiger partial charge in [0.15, 0.2) is 0 Å². The van der Waals surface area contributed by atoms with E-state index in [1.165, 1.54) is 22.3 Å². The smallest absolute Gasteiger partial charge is 0.142 e. The summed E-state index contributed by atoms with van der Waals surface area (Å²) in [5.41, 5.74) is 5.00. The molecule has 86 valence electrons. The number of carbonyl (C=O) groups is 1. The monoisotopic (exact) mass is 217 g/mol. The summed E-state index contributed by atoms with van der Waals surface area (Å²) < 4.78 is 0. The Kier molecular flexibility index (Phi) is 3.10. The van der Waals surface area contributed by atoms with E-state index in [1.807, 2.05) is 0 Å². The Hall–Kier alpha value is -1.15. The molecular weight excluding hydrogens is 198 g/mol. The number of hydrogen-bond acceptors (Lipinski definition) is 2. The minimum Gasteiger partial charge on any atom is -0.315 e. The minimum absolute atomic E-state index is 0.250. The van der Waals surface area contributed by atoms with Crippen LogP contribution in [0, 0.1) is 26.7 Å². The molecule has 1 N–H and O–H groups in total. The Morgan fingerprint density at radius 2 is 1.81 bits per heavy atom. The van der Waals surface area contributed by atoms with E-state index in [4.69, 9.17) is 0 Å². The van der Waals surface area contributed by atoms with Crippen LogP contribution in [0.15, 0.2) is 12.1 Å². The van der Waals surface area contributed by atoms with E-state index in [0.29, 0.717) is 12.2 Å². The lowest BCUT2D eigenvalue weighted by molar-refractivity contribution is -0.123. The maximum absolute atomic E-state index is 11.9. The summed E-state index contributed by atoms with van der Waals surface area (Å²) in [7, 11) is 0. The first kappa shape index (κ1) is 11.3. The van der Waals surface area contributed by atoms with Crippen LogP contribution in [0.4, 0.5) is 0 Å². The van der Waals surface area contributed by atoms with Gasteiger partial charge in [0.2, 0.25) is 0 Å². The fourth-order valence-corrected chi connectivity index (χ4v) is 2.32. The van der Waals surface area contributed by atoms with Gasteiger partial charge < -0.3 is 5.32 Å². The highest BCUT2D eigenvalue weighted by Crippen LogP contribution is 2.19. The third-order valence-corrected chi connectivity index (χ3v) is 3.43. The molecular formula is C14H19NO. The SMILES string of the molecule is Cc1cc(C)c(CC(=O)C2CNC2)c(C)c1. The first-order chi connectivity index (χ1) is 7.58. The summed E-state index contributed by atoms with van der Waals surface area (Å²) in [6.45, 7) is 8.02. The first-order valence-electron chi connectivity index (χ1n) is 5.88. The number of benzene rings is 1. The van der Waals surface area contributed by atoms with Crippen molar-refractivity contribution in [3.63, 3.8) is 0 Å². The number of carbonyl (C=O) groups excluding carboxylic acids is 1. The summed E-state index contributed by atoms with van der Waals surface area (Å²) in [6, 6.07) is 4.32. The van der Waals surface area contributed by atoms with E-state index in [1.54, 1.807) is 0 Å². The topological polar surface area (TPSA) is 29.1 Å². The Bertz CT molecular complexity index is 396. The van der Waals surface area contributed by atoms with Gasteiger partial charge in [0.1, 0.15) is 5.78 Å². The molecule has 1 aliphatic heterocycles. The molecule has 0 spiro atoms. The molecule has 0 bridgehead atoms. The predicted molar refractivity (Wildman–Crippen MR) is 65.7 cm³/mol. The molecule has 0 radical (unpaired) electrons.